The van der Waals surface area contributed by atoms with Gasteiger partial charge in [0.05, 0.1) is 0 Å². The van der Waals surface area contributed by atoms with E-state index < -0.39 is 23.5 Å². The number of amides is 5. The summed E-state index contributed by atoms with van der Waals surface area (Å²) < 4.78 is 0.876. The molecule has 1 saturated heterocycles. The van der Waals surface area contributed by atoms with Crippen molar-refractivity contribution in [3.63, 3.8) is 0 Å². The van der Waals surface area contributed by atoms with Gasteiger partial charge in [0.1, 0.15) is 5.54 Å². The minimum absolute atomic E-state index is 0.115. The first-order chi connectivity index (χ1) is 11.2. The SMILES string of the molecule is CC(C)C1(C(C)C)NC(=O)N(NC(=O)Nc2ccc(Br)cc2)C1=O. The van der Waals surface area contributed by atoms with Gasteiger partial charge in [-0.15, -0.1) is 0 Å². The second kappa shape index (κ2) is 6.80. The van der Waals surface area contributed by atoms with Gasteiger partial charge >= 0.3 is 12.1 Å². The molecule has 0 aromatic heterocycles. The molecule has 1 aromatic carbocycles. The molecule has 0 spiro atoms. The lowest BCUT2D eigenvalue weighted by Gasteiger charge is -2.34. The second-order valence-corrected chi connectivity index (χ2v) is 7.24. The van der Waals surface area contributed by atoms with Crippen molar-refractivity contribution in [3.05, 3.63) is 28.7 Å². The van der Waals surface area contributed by atoms with Gasteiger partial charge in [0, 0.05) is 10.2 Å². The number of nitrogens with zero attached hydrogens (tertiary/aromatic N) is 1. The predicted octanol–water partition coefficient (Wildman–Crippen LogP) is 3.09. The summed E-state index contributed by atoms with van der Waals surface area (Å²) in [6.07, 6.45) is 0. The van der Waals surface area contributed by atoms with Crippen LogP contribution in [0.5, 0.6) is 0 Å². The van der Waals surface area contributed by atoms with Gasteiger partial charge in [0.2, 0.25) is 0 Å². The van der Waals surface area contributed by atoms with Crippen molar-refractivity contribution in [2.45, 2.75) is 33.2 Å². The lowest BCUT2D eigenvalue weighted by Crippen LogP contribution is -2.57. The number of nitrogens with one attached hydrogen (secondary N) is 3. The van der Waals surface area contributed by atoms with Crippen LogP contribution in [0.15, 0.2) is 28.7 Å². The van der Waals surface area contributed by atoms with Crippen LogP contribution in [0.1, 0.15) is 27.7 Å². The largest absolute Gasteiger partial charge is 0.344 e. The maximum atomic E-state index is 12.7. The van der Waals surface area contributed by atoms with Crippen molar-refractivity contribution in [1.82, 2.24) is 15.8 Å². The number of hydrazine groups is 1. The highest BCUT2D eigenvalue weighted by molar-refractivity contribution is 9.10. The number of anilines is 1. The lowest BCUT2D eigenvalue weighted by molar-refractivity contribution is -0.136. The van der Waals surface area contributed by atoms with Crippen LogP contribution in [0, 0.1) is 11.8 Å². The van der Waals surface area contributed by atoms with Crippen LogP contribution in [0.25, 0.3) is 0 Å². The molecular weight excluding hydrogens is 376 g/mol. The molecule has 1 aliphatic heterocycles. The van der Waals surface area contributed by atoms with E-state index in [-0.39, 0.29) is 11.8 Å². The Morgan fingerprint density at radius 2 is 1.67 bits per heavy atom. The van der Waals surface area contributed by atoms with Crippen LogP contribution in [0.3, 0.4) is 0 Å². The van der Waals surface area contributed by atoms with Crippen molar-refractivity contribution in [2.24, 2.45) is 11.8 Å². The maximum Gasteiger partial charge on any atom is 0.344 e. The van der Waals surface area contributed by atoms with E-state index in [1.54, 1.807) is 24.3 Å². The van der Waals surface area contributed by atoms with E-state index in [4.69, 9.17) is 0 Å². The Labute approximate surface area is 149 Å². The summed E-state index contributed by atoms with van der Waals surface area (Å²) in [6.45, 7) is 7.46. The van der Waals surface area contributed by atoms with E-state index in [1.807, 2.05) is 27.7 Å². The first-order valence-electron chi connectivity index (χ1n) is 7.68. The van der Waals surface area contributed by atoms with E-state index in [0.29, 0.717) is 5.69 Å². The highest BCUT2D eigenvalue weighted by Crippen LogP contribution is 2.32. The maximum absolute atomic E-state index is 12.7. The second-order valence-electron chi connectivity index (χ2n) is 6.32. The van der Waals surface area contributed by atoms with Crippen molar-refractivity contribution in [3.8, 4) is 0 Å². The zero-order chi connectivity index (χ0) is 18.1. The topological polar surface area (TPSA) is 90.5 Å². The van der Waals surface area contributed by atoms with Gasteiger partial charge in [0.15, 0.2) is 0 Å². The number of carbonyl (C=O) groups is 3. The minimum atomic E-state index is -1.03. The summed E-state index contributed by atoms with van der Waals surface area (Å²) in [4.78, 5) is 37.0. The first-order valence-corrected chi connectivity index (χ1v) is 8.47. The van der Waals surface area contributed by atoms with Crippen LogP contribution in [-0.4, -0.2) is 28.5 Å². The molecule has 24 heavy (non-hydrogen) atoms. The quantitative estimate of drug-likeness (QED) is 0.682. The summed E-state index contributed by atoms with van der Waals surface area (Å²) in [5, 5.41) is 6.05. The highest BCUT2D eigenvalue weighted by Gasteiger charge is 2.55. The number of hydrogen-bond donors (Lipinski definition) is 3. The van der Waals surface area contributed by atoms with Gasteiger partial charge in [-0.2, -0.15) is 5.01 Å². The highest BCUT2D eigenvalue weighted by atomic mass is 79.9. The molecule has 1 aliphatic rings. The summed E-state index contributed by atoms with van der Waals surface area (Å²) in [5.41, 5.74) is 1.83. The Bertz CT molecular complexity index is 650. The van der Waals surface area contributed by atoms with Gasteiger partial charge in [-0.25, -0.2) is 15.0 Å². The van der Waals surface area contributed by atoms with Gasteiger partial charge in [0.25, 0.3) is 5.91 Å². The van der Waals surface area contributed by atoms with E-state index in [2.05, 4.69) is 32.0 Å². The van der Waals surface area contributed by atoms with Crippen LogP contribution in [0.4, 0.5) is 15.3 Å². The number of carbonyl (C=O) groups excluding carboxylic acids is 3. The average Bonchev–Trinajstić information content (AvgIpc) is 2.75. The summed E-state index contributed by atoms with van der Waals surface area (Å²) >= 11 is 3.30. The summed E-state index contributed by atoms with van der Waals surface area (Å²) in [5.74, 6) is -0.686. The number of hydrogen-bond acceptors (Lipinski definition) is 3. The van der Waals surface area contributed by atoms with Crippen LogP contribution >= 0.6 is 15.9 Å². The normalized spacial score (nSPS) is 16.5. The fourth-order valence-corrected chi connectivity index (χ4v) is 3.17. The third-order valence-corrected chi connectivity index (χ3v) is 4.74. The molecule has 0 saturated carbocycles. The van der Waals surface area contributed by atoms with Gasteiger partial charge in [-0.1, -0.05) is 43.6 Å². The molecule has 3 N–H and O–H groups in total. The van der Waals surface area contributed by atoms with Crippen LogP contribution in [0.2, 0.25) is 0 Å². The molecule has 0 unspecified atom stereocenters. The van der Waals surface area contributed by atoms with E-state index in [0.717, 1.165) is 9.48 Å². The molecule has 1 fully saturated rings. The number of urea groups is 2. The van der Waals surface area contributed by atoms with Gasteiger partial charge < -0.3 is 10.6 Å². The summed E-state index contributed by atoms with van der Waals surface area (Å²) in [6, 6.07) is 5.64. The molecule has 130 valence electrons. The van der Waals surface area contributed by atoms with Crippen molar-refractivity contribution in [1.29, 1.82) is 0 Å². The molecule has 5 amide bonds. The Kier molecular flexibility index (Phi) is 5.17. The van der Waals surface area contributed by atoms with Gasteiger partial charge in [-0.3, -0.25) is 4.79 Å². The first kappa shape index (κ1) is 18.3. The third kappa shape index (κ3) is 3.24. The summed E-state index contributed by atoms with van der Waals surface area (Å²) in [7, 11) is 0. The third-order valence-electron chi connectivity index (χ3n) is 4.21. The molecule has 0 atom stereocenters. The fraction of sp³-hybridized carbons (Fsp3) is 0.438. The fourth-order valence-electron chi connectivity index (χ4n) is 2.91. The number of rotatable bonds is 4. The molecule has 1 heterocycles. The van der Waals surface area contributed by atoms with Gasteiger partial charge in [-0.05, 0) is 36.1 Å². The molecule has 1 aromatic rings. The average molecular weight is 397 g/mol. The monoisotopic (exact) mass is 396 g/mol. The smallest absolute Gasteiger partial charge is 0.321 e. The Hall–Kier alpha value is -2.09. The molecule has 0 bridgehead atoms. The van der Waals surface area contributed by atoms with E-state index in [9.17, 15) is 14.4 Å². The number of imide groups is 1. The Balaban J connectivity index is 2.12. The van der Waals surface area contributed by atoms with E-state index >= 15 is 0 Å². The minimum Gasteiger partial charge on any atom is -0.321 e. The number of benzene rings is 1. The van der Waals surface area contributed by atoms with Crippen molar-refractivity contribution < 1.29 is 14.4 Å². The lowest BCUT2D eigenvalue weighted by atomic mass is 9.77. The molecule has 0 aliphatic carbocycles. The molecule has 0 radical (unpaired) electrons. The predicted molar refractivity (Wildman–Crippen MR) is 94.1 cm³/mol. The zero-order valence-corrected chi connectivity index (χ0v) is 15.6. The molecular formula is C16H21BrN4O3. The Morgan fingerprint density at radius 3 is 2.12 bits per heavy atom. The molecule has 8 heteroatoms. The van der Waals surface area contributed by atoms with Crippen molar-refractivity contribution >= 4 is 39.6 Å². The Morgan fingerprint density at radius 1 is 1.12 bits per heavy atom. The molecule has 7 nitrogen and oxygen atoms in total. The van der Waals surface area contributed by atoms with Crippen molar-refractivity contribution in [2.75, 3.05) is 5.32 Å². The van der Waals surface area contributed by atoms with Crippen LogP contribution in [-0.2, 0) is 4.79 Å². The molecule has 2 rings (SSSR count). The van der Waals surface area contributed by atoms with E-state index in [1.165, 1.54) is 0 Å². The van der Waals surface area contributed by atoms with Crippen LogP contribution < -0.4 is 16.1 Å². The zero-order valence-electron chi connectivity index (χ0n) is 14.0. The standard InChI is InChI=1S/C16H21BrN4O3/c1-9(2)16(10(3)4)13(22)21(15(24)19-16)20-14(23)18-12-7-5-11(17)6-8-12/h5-10H,1-4H3,(H,19,24)(H2,18,20,23). The number of halogens is 1.